The number of amides is 1. The number of rotatable bonds is 3. The average molecular weight is 286 g/mol. The van der Waals surface area contributed by atoms with Crippen molar-refractivity contribution >= 4 is 40.1 Å². The average Bonchev–Trinajstić information content (AvgIpc) is 2.67. The summed E-state index contributed by atoms with van der Waals surface area (Å²) in [6, 6.07) is 5.39. The van der Waals surface area contributed by atoms with Gasteiger partial charge in [-0.3, -0.25) is 4.79 Å². The van der Waals surface area contributed by atoms with Gasteiger partial charge in [-0.15, -0.1) is 11.6 Å². The van der Waals surface area contributed by atoms with Crippen molar-refractivity contribution in [1.29, 1.82) is 0 Å². The second-order valence-corrected chi connectivity index (χ2v) is 4.87. The highest BCUT2D eigenvalue weighted by Gasteiger charge is 2.14. The first-order valence-corrected chi connectivity index (χ1v) is 6.35. The van der Waals surface area contributed by atoms with E-state index >= 15 is 0 Å². The first-order chi connectivity index (χ1) is 8.52. The minimum absolute atomic E-state index is 0.0133. The molecule has 0 saturated heterocycles. The maximum Gasteiger partial charge on any atom is 0.242 e. The third-order valence-electron chi connectivity index (χ3n) is 2.70. The maximum absolute atomic E-state index is 11.8. The van der Waals surface area contributed by atoms with Crippen LogP contribution in [-0.4, -0.2) is 34.5 Å². The Labute approximate surface area is 115 Å². The topological polar surface area (TPSA) is 38.1 Å². The normalized spacial score (nSPS) is 10.9. The van der Waals surface area contributed by atoms with Crippen LogP contribution < -0.4 is 0 Å². The molecule has 96 valence electrons. The van der Waals surface area contributed by atoms with E-state index in [2.05, 4.69) is 4.98 Å². The van der Waals surface area contributed by atoms with Crippen molar-refractivity contribution in [2.45, 2.75) is 12.4 Å². The summed E-state index contributed by atoms with van der Waals surface area (Å²) in [5, 5.41) is 0.613. The SMILES string of the molecule is CN(C)C(=O)Cn1c(CCl)nc2ccc(Cl)cc21. The van der Waals surface area contributed by atoms with Gasteiger partial charge < -0.3 is 9.47 Å². The molecular formula is C12H13Cl2N3O. The second kappa shape index (κ2) is 5.16. The smallest absolute Gasteiger partial charge is 0.242 e. The number of likely N-dealkylation sites (N-methyl/N-ethyl adjacent to an activating group) is 1. The predicted molar refractivity (Wildman–Crippen MR) is 73.0 cm³/mol. The molecule has 2 rings (SSSR count). The van der Waals surface area contributed by atoms with Gasteiger partial charge in [-0.05, 0) is 18.2 Å². The number of aromatic nitrogens is 2. The molecule has 0 fully saturated rings. The van der Waals surface area contributed by atoms with Gasteiger partial charge in [-0.2, -0.15) is 0 Å². The minimum atomic E-state index is -0.0133. The Hall–Kier alpha value is -1.26. The molecule has 1 amide bonds. The summed E-state index contributed by atoms with van der Waals surface area (Å²) in [7, 11) is 3.43. The minimum Gasteiger partial charge on any atom is -0.347 e. The fraction of sp³-hybridized carbons (Fsp3) is 0.333. The molecule has 0 aliphatic heterocycles. The molecular weight excluding hydrogens is 273 g/mol. The number of halogens is 2. The highest BCUT2D eigenvalue weighted by molar-refractivity contribution is 6.31. The number of benzene rings is 1. The van der Waals surface area contributed by atoms with Crippen molar-refractivity contribution in [2.75, 3.05) is 14.1 Å². The lowest BCUT2D eigenvalue weighted by molar-refractivity contribution is -0.129. The number of hydrogen-bond donors (Lipinski definition) is 0. The lowest BCUT2D eigenvalue weighted by Gasteiger charge is -2.12. The molecule has 1 aromatic heterocycles. The summed E-state index contributed by atoms with van der Waals surface area (Å²) in [5.74, 6) is 0.914. The highest BCUT2D eigenvalue weighted by atomic mass is 35.5. The van der Waals surface area contributed by atoms with Gasteiger partial charge in [-0.25, -0.2) is 4.98 Å². The van der Waals surface area contributed by atoms with Crippen LogP contribution in [0.5, 0.6) is 0 Å². The van der Waals surface area contributed by atoms with Crippen LogP contribution in [0.1, 0.15) is 5.82 Å². The van der Waals surface area contributed by atoms with E-state index in [9.17, 15) is 4.79 Å². The van der Waals surface area contributed by atoms with Crippen LogP contribution in [-0.2, 0) is 17.2 Å². The van der Waals surface area contributed by atoms with Crippen molar-refractivity contribution in [1.82, 2.24) is 14.5 Å². The predicted octanol–water partition coefficient (Wildman–Crippen LogP) is 2.52. The van der Waals surface area contributed by atoms with Crippen LogP contribution in [0.3, 0.4) is 0 Å². The molecule has 0 aliphatic carbocycles. The summed E-state index contributed by atoms with van der Waals surface area (Å²) in [6.07, 6.45) is 0. The van der Waals surface area contributed by atoms with E-state index in [1.807, 2.05) is 6.07 Å². The molecule has 0 N–H and O–H groups in total. The van der Waals surface area contributed by atoms with Crippen LogP contribution in [0.4, 0.5) is 0 Å². The van der Waals surface area contributed by atoms with E-state index < -0.39 is 0 Å². The molecule has 4 nitrogen and oxygen atoms in total. The van der Waals surface area contributed by atoms with Gasteiger partial charge in [0, 0.05) is 19.1 Å². The third-order valence-corrected chi connectivity index (χ3v) is 3.18. The van der Waals surface area contributed by atoms with Crippen LogP contribution in [0, 0.1) is 0 Å². The van der Waals surface area contributed by atoms with Gasteiger partial charge in [0.15, 0.2) is 0 Å². The summed E-state index contributed by atoms with van der Waals surface area (Å²) in [4.78, 5) is 17.7. The monoisotopic (exact) mass is 285 g/mol. The fourth-order valence-corrected chi connectivity index (χ4v) is 2.07. The Morgan fingerprint density at radius 1 is 1.44 bits per heavy atom. The number of hydrogen-bond acceptors (Lipinski definition) is 2. The van der Waals surface area contributed by atoms with Crippen LogP contribution >= 0.6 is 23.2 Å². The zero-order valence-electron chi connectivity index (χ0n) is 10.2. The fourth-order valence-electron chi connectivity index (χ4n) is 1.70. The number of nitrogens with zero attached hydrogens (tertiary/aromatic N) is 3. The van der Waals surface area contributed by atoms with Gasteiger partial charge in [-0.1, -0.05) is 11.6 Å². The van der Waals surface area contributed by atoms with Crippen molar-refractivity contribution < 1.29 is 4.79 Å². The van der Waals surface area contributed by atoms with Crippen LogP contribution in [0.15, 0.2) is 18.2 Å². The molecule has 0 radical (unpaired) electrons. The molecule has 0 saturated carbocycles. The molecule has 1 heterocycles. The lowest BCUT2D eigenvalue weighted by atomic mass is 10.3. The van der Waals surface area contributed by atoms with E-state index in [1.165, 1.54) is 4.90 Å². The Morgan fingerprint density at radius 2 is 2.17 bits per heavy atom. The van der Waals surface area contributed by atoms with Gasteiger partial charge in [0.25, 0.3) is 0 Å². The standard InChI is InChI=1S/C12H13Cl2N3O/c1-16(2)12(18)7-17-10-5-8(14)3-4-9(10)15-11(17)6-13/h3-5H,6-7H2,1-2H3. The first kappa shape index (κ1) is 13.2. The van der Waals surface area contributed by atoms with Gasteiger partial charge in [0.2, 0.25) is 5.91 Å². The Kier molecular flexibility index (Phi) is 3.78. The zero-order valence-corrected chi connectivity index (χ0v) is 11.7. The van der Waals surface area contributed by atoms with E-state index in [-0.39, 0.29) is 18.3 Å². The summed E-state index contributed by atoms with van der Waals surface area (Å²) >= 11 is 11.8. The number of alkyl halides is 1. The molecule has 0 spiro atoms. The van der Waals surface area contributed by atoms with Crippen molar-refractivity contribution in [3.8, 4) is 0 Å². The summed E-state index contributed by atoms with van der Waals surface area (Å²) in [5.41, 5.74) is 1.62. The number of imidazole rings is 1. The first-order valence-electron chi connectivity index (χ1n) is 5.43. The largest absolute Gasteiger partial charge is 0.347 e. The molecule has 0 bridgehead atoms. The third kappa shape index (κ3) is 2.44. The summed E-state index contributed by atoms with van der Waals surface area (Å²) < 4.78 is 1.80. The quantitative estimate of drug-likeness (QED) is 0.813. The Bertz CT molecular complexity index is 592. The van der Waals surface area contributed by atoms with Crippen LogP contribution in [0.2, 0.25) is 5.02 Å². The maximum atomic E-state index is 11.8. The van der Waals surface area contributed by atoms with E-state index in [1.54, 1.807) is 30.8 Å². The second-order valence-electron chi connectivity index (χ2n) is 4.17. The highest BCUT2D eigenvalue weighted by Crippen LogP contribution is 2.21. The van der Waals surface area contributed by atoms with E-state index in [0.29, 0.717) is 10.8 Å². The molecule has 0 unspecified atom stereocenters. The molecule has 2 aromatic rings. The van der Waals surface area contributed by atoms with E-state index in [0.717, 1.165) is 11.0 Å². The zero-order chi connectivity index (χ0) is 13.3. The molecule has 6 heteroatoms. The molecule has 0 atom stereocenters. The van der Waals surface area contributed by atoms with Crippen molar-refractivity contribution in [3.63, 3.8) is 0 Å². The molecule has 0 aliphatic rings. The van der Waals surface area contributed by atoms with E-state index in [4.69, 9.17) is 23.2 Å². The van der Waals surface area contributed by atoms with Gasteiger partial charge >= 0.3 is 0 Å². The molecule has 18 heavy (non-hydrogen) atoms. The molecule has 1 aromatic carbocycles. The number of fused-ring (bicyclic) bond motifs is 1. The van der Waals surface area contributed by atoms with Crippen molar-refractivity contribution in [2.24, 2.45) is 0 Å². The van der Waals surface area contributed by atoms with Gasteiger partial charge in [0.05, 0.1) is 16.9 Å². The lowest BCUT2D eigenvalue weighted by Crippen LogP contribution is -2.26. The Balaban J connectivity index is 2.52. The Morgan fingerprint density at radius 3 is 2.78 bits per heavy atom. The number of carbonyl (C=O) groups is 1. The van der Waals surface area contributed by atoms with Crippen molar-refractivity contribution in [3.05, 3.63) is 29.0 Å². The van der Waals surface area contributed by atoms with Crippen LogP contribution in [0.25, 0.3) is 11.0 Å². The summed E-state index contributed by atoms with van der Waals surface area (Å²) in [6.45, 7) is 0.214. The van der Waals surface area contributed by atoms with Gasteiger partial charge in [0.1, 0.15) is 12.4 Å². The number of carbonyl (C=O) groups excluding carboxylic acids is 1.